The molecule has 0 bridgehead atoms. The fraction of sp³-hybridized carbons (Fsp3) is 0.455. The maximum atomic E-state index is 10.1. The number of carbonyl (C=O) groups is 1. The van der Waals surface area contributed by atoms with E-state index in [0.29, 0.717) is 0 Å². The summed E-state index contributed by atoms with van der Waals surface area (Å²) in [6.07, 6.45) is 5.18. The van der Waals surface area contributed by atoms with Crippen LogP contribution in [0.2, 0.25) is 0 Å². The molecule has 4 heteroatoms. The molecule has 1 N–H and O–H groups in total. The SMILES string of the molecule is CCCCCCl.O=C(O)c1ccccn1. The Morgan fingerprint density at radius 1 is 1.47 bits per heavy atom. The van der Waals surface area contributed by atoms with Crippen molar-refractivity contribution < 1.29 is 9.90 Å². The third-order valence-corrected chi connectivity index (χ3v) is 1.89. The molecule has 0 radical (unpaired) electrons. The summed E-state index contributed by atoms with van der Waals surface area (Å²) in [7, 11) is 0. The Hall–Kier alpha value is -1.09. The van der Waals surface area contributed by atoms with Crippen molar-refractivity contribution in [1.82, 2.24) is 4.98 Å². The number of aromatic carboxylic acids is 1. The number of unbranched alkanes of at least 4 members (excludes halogenated alkanes) is 2. The van der Waals surface area contributed by atoms with Crippen LogP contribution in [-0.2, 0) is 0 Å². The van der Waals surface area contributed by atoms with Crippen molar-refractivity contribution in [2.45, 2.75) is 26.2 Å². The highest BCUT2D eigenvalue weighted by molar-refractivity contribution is 6.17. The summed E-state index contributed by atoms with van der Waals surface area (Å²) >= 11 is 5.38. The van der Waals surface area contributed by atoms with E-state index >= 15 is 0 Å². The van der Waals surface area contributed by atoms with Gasteiger partial charge in [0.2, 0.25) is 0 Å². The second kappa shape index (κ2) is 9.46. The van der Waals surface area contributed by atoms with Crippen LogP contribution in [0.3, 0.4) is 0 Å². The first-order valence-electron chi connectivity index (χ1n) is 4.92. The number of aromatic nitrogens is 1. The minimum atomic E-state index is -0.990. The van der Waals surface area contributed by atoms with Gasteiger partial charge in [-0.05, 0) is 18.6 Å². The second-order valence-corrected chi connectivity index (χ2v) is 3.29. The minimum absolute atomic E-state index is 0.0810. The summed E-state index contributed by atoms with van der Waals surface area (Å²) in [5, 5.41) is 8.32. The second-order valence-electron chi connectivity index (χ2n) is 2.92. The highest BCUT2D eigenvalue weighted by Gasteiger charge is 1.98. The zero-order chi connectivity index (χ0) is 11.5. The summed E-state index contributed by atoms with van der Waals surface area (Å²) in [4.78, 5) is 13.7. The van der Waals surface area contributed by atoms with E-state index in [-0.39, 0.29) is 5.69 Å². The first kappa shape index (κ1) is 13.9. The van der Waals surface area contributed by atoms with E-state index in [1.807, 2.05) is 0 Å². The average molecular weight is 230 g/mol. The monoisotopic (exact) mass is 229 g/mol. The molecular formula is C11H16ClNO2. The molecule has 0 aliphatic carbocycles. The Kier molecular flexibility index (Phi) is 8.78. The summed E-state index contributed by atoms with van der Waals surface area (Å²) in [6.45, 7) is 2.17. The Labute approximate surface area is 95.1 Å². The fourth-order valence-corrected chi connectivity index (χ4v) is 1.02. The number of hydrogen-bond donors (Lipinski definition) is 1. The summed E-state index contributed by atoms with van der Waals surface area (Å²) < 4.78 is 0. The quantitative estimate of drug-likeness (QED) is 0.637. The van der Waals surface area contributed by atoms with Gasteiger partial charge in [0.1, 0.15) is 5.69 Å². The van der Waals surface area contributed by atoms with Crippen molar-refractivity contribution in [2.24, 2.45) is 0 Å². The molecule has 0 fully saturated rings. The lowest BCUT2D eigenvalue weighted by Crippen LogP contribution is -1.97. The van der Waals surface area contributed by atoms with Gasteiger partial charge in [0.25, 0.3) is 0 Å². The number of rotatable bonds is 4. The molecule has 1 heterocycles. The van der Waals surface area contributed by atoms with Gasteiger partial charge in [0.15, 0.2) is 0 Å². The van der Waals surface area contributed by atoms with Gasteiger partial charge in [-0.2, -0.15) is 0 Å². The molecule has 0 unspecified atom stereocenters. The van der Waals surface area contributed by atoms with Crippen molar-refractivity contribution >= 4 is 17.6 Å². The van der Waals surface area contributed by atoms with Gasteiger partial charge < -0.3 is 5.11 Å². The number of nitrogens with zero attached hydrogens (tertiary/aromatic N) is 1. The van der Waals surface area contributed by atoms with Gasteiger partial charge in [-0.3, -0.25) is 0 Å². The Bertz CT molecular complexity index is 261. The molecule has 0 aromatic carbocycles. The molecule has 0 amide bonds. The predicted octanol–water partition coefficient (Wildman–Crippen LogP) is 3.20. The fourth-order valence-electron chi connectivity index (χ4n) is 0.834. The largest absolute Gasteiger partial charge is 0.477 e. The van der Waals surface area contributed by atoms with E-state index in [4.69, 9.17) is 16.7 Å². The van der Waals surface area contributed by atoms with Gasteiger partial charge in [0, 0.05) is 12.1 Å². The summed E-state index contributed by atoms with van der Waals surface area (Å²) in [6, 6.07) is 4.76. The van der Waals surface area contributed by atoms with E-state index < -0.39 is 5.97 Å². The minimum Gasteiger partial charge on any atom is -0.477 e. The topological polar surface area (TPSA) is 50.2 Å². The van der Waals surface area contributed by atoms with Gasteiger partial charge >= 0.3 is 5.97 Å². The third-order valence-electron chi connectivity index (χ3n) is 1.62. The zero-order valence-electron chi connectivity index (χ0n) is 8.82. The van der Waals surface area contributed by atoms with Gasteiger partial charge in [-0.25, -0.2) is 9.78 Å². The number of alkyl halides is 1. The van der Waals surface area contributed by atoms with E-state index in [2.05, 4.69) is 11.9 Å². The number of carboxylic acids is 1. The van der Waals surface area contributed by atoms with Crippen molar-refractivity contribution in [1.29, 1.82) is 0 Å². The van der Waals surface area contributed by atoms with Crippen molar-refractivity contribution in [2.75, 3.05) is 5.88 Å². The normalized spacial score (nSPS) is 8.93. The van der Waals surface area contributed by atoms with Crippen LogP contribution in [0.15, 0.2) is 24.4 Å². The van der Waals surface area contributed by atoms with Gasteiger partial charge in [-0.15, -0.1) is 11.6 Å². The maximum absolute atomic E-state index is 10.1. The lowest BCUT2D eigenvalue weighted by molar-refractivity contribution is 0.0690. The van der Waals surface area contributed by atoms with Crippen LogP contribution in [-0.4, -0.2) is 21.9 Å². The number of pyridine rings is 1. The Morgan fingerprint density at radius 2 is 2.20 bits per heavy atom. The highest BCUT2D eigenvalue weighted by Crippen LogP contribution is 1.93. The molecule has 0 saturated heterocycles. The third kappa shape index (κ3) is 7.94. The molecule has 0 aliphatic rings. The number of carboxylic acid groups (broad SMARTS) is 1. The van der Waals surface area contributed by atoms with Crippen LogP contribution in [0.4, 0.5) is 0 Å². The standard InChI is InChI=1S/C6H5NO2.C5H11Cl/c8-6(9)5-3-1-2-4-7-5;1-2-3-4-5-6/h1-4H,(H,8,9);2-5H2,1H3. The lowest BCUT2D eigenvalue weighted by Gasteiger charge is -1.87. The van der Waals surface area contributed by atoms with E-state index in [0.717, 1.165) is 5.88 Å². The number of hydrogen-bond acceptors (Lipinski definition) is 2. The molecule has 84 valence electrons. The van der Waals surface area contributed by atoms with Gasteiger partial charge in [-0.1, -0.05) is 25.8 Å². The molecule has 1 aromatic heterocycles. The van der Waals surface area contributed by atoms with Crippen molar-refractivity contribution in [3.8, 4) is 0 Å². The molecule has 0 aliphatic heterocycles. The summed E-state index contributed by atoms with van der Waals surface area (Å²) in [5.41, 5.74) is 0.0810. The Balaban J connectivity index is 0.000000288. The highest BCUT2D eigenvalue weighted by atomic mass is 35.5. The lowest BCUT2D eigenvalue weighted by atomic mass is 10.3. The first-order chi connectivity index (χ1) is 7.22. The summed E-state index contributed by atoms with van der Waals surface area (Å²) in [5.74, 6) is -0.163. The molecule has 1 aromatic rings. The van der Waals surface area contributed by atoms with E-state index in [1.165, 1.54) is 31.5 Å². The van der Waals surface area contributed by atoms with Gasteiger partial charge in [0.05, 0.1) is 0 Å². The molecule has 0 saturated carbocycles. The molecule has 1 rings (SSSR count). The van der Waals surface area contributed by atoms with Crippen LogP contribution in [0.25, 0.3) is 0 Å². The van der Waals surface area contributed by atoms with Crippen molar-refractivity contribution in [3.05, 3.63) is 30.1 Å². The van der Waals surface area contributed by atoms with Crippen LogP contribution < -0.4 is 0 Å². The van der Waals surface area contributed by atoms with Crippen LogP contribution in [0.1, 0.15) is 36.7 Å². The van der Waals surface area contributed by atoms with E-state index in [9.17, 15) is 4.79 Å². The zero-order valence-corrected chi connectivity index (χ0v) is 9.57. The first-order valence-corrected chi connectivity index (χ1v) is 5.46. The Morgan fingerprint density at radius 3 is 2.47 bits per heavy atom. The van der Waals surface area contributed by atoms with Crippen LogP contribution in [0.5, 0.6) is 0 Å². The molecule has 15 heavy (non-hydrogen) atoms. The average Bonchev–Trinajstić information content (AvgIpc) is 2.28. The van der Waals surface area contributed by atoms with E-state index in [1.54, 1.807) is 12.1 Å². The van der Waals surface area contributed by atoms with Crippen LogP contribution >= 0.6 is 11.6 Å². The molecule has 0 atom stereocenters. The molecule has 3 nitrogen and oxygen atoms in total. The molecule has 0 spiro atoms. The number of halogens is 1. The predicted molar refractivity (Wildman–Crippen MR) is 61.4 cm³/mol. The van der Waals surface area contributed by atoms with Crippen molar-refractivity contribution in [3.63, 3.8) is 0 Å². The maximum Gasteiger partial charge on any atom is 0.354 e. The van der Waals surface area contributed by atoms with Crippen LogP contribution in [0, 0.1) is 0 Å². The smallest absolute Gasteiger partial charge is 0.354 e. The molecular weight excluding hydrogens is 214 g/mol.